The third kappa shape index (κ3) is 6.89. The molecule has 0 saturated carbocycles. The van der Waals surface area contributed by atoms with Crippen LogP contribution in [-0.4, -0.2) is 64.4 Å². The van der Waals surface area contributed by atoms with Crippen molar-refractivity contribution in [3.05, 3.63) is 65.0 Å². The normalized spacial score (nSPS) is 12.8. The zero-order chi connectivity index (χ0) is 24.5. The van der Waals surface area contributed by atoms with E-state index in [0.29, 0.717) is 18.5 Å². The molecule has 0 fully saturated rings. The summed E-state index contributed by atoms with van der Waals surface area (Å²) < 4.78 is 24.1. The lowest BCUT2D eigenvalue weighted by atomic mass is 10.1. The average molecular weight is 491 g/mol. The number of nitrogens with zero attached hydrogens (tertiary/aromatic N) is 3. The first-order chi connectivity index (χ1) is 16.4. The molecule has 2 atom stereocenters. The molecule has 0 spiro atoms. The van der Waals surface area contributed by atoms with Crippen molar-refractivity contribution >= 4 is 34.5 Å². The number of carbonyl (C=O) groups is 2. The number of pyridine rings is 3. The Labute approximate surface area is 200 Å². The van der Waals surface area contributed by atoms with Crippen LogP contribution in [0.3, 0.4) is 0 Å². The first-order valence-electron chi connectivity index (χ1n) is 10.5. The number of aryl methyl sites for hydroxylation is 1. The van der Waals surface area contributed by atoms with Gasteiger partial charge in [-0.1, -0.05) is 11.6 Å². The largest absolute Gasteiger partial charge is 0.467 e. The number of halogens is 2. The van der Waals surface area contributed by atoms with Crippen molar-refractivity contribution in [2.75, 3.05) is 20.3 Å². The highest BCUT2D eigenvalue weighted by Gasteiger charge is 2.25. The van der Waals surface area contributed by atoms with Crippen molar-refractivity contribution in [2.24, 2.45) is 0 Å². The monoisotopic (exact) mass is 490 g/mol. The number of ether oxygens (including phenoxy) is 2. The number of esters is 1. The van der Waals surface area contributed by atoms with Crippen LogP contribution in [0.4, 0.5) is 4.39 Å². The zero-order valence-electron chi connectivity index (χ0n) is 18.4. The van der Waals surface area contributed by atoms with Crippen LogP contribution in [0.1, 0.15) is 28.9 Å². The van der Waals surface area contributed by atoms with Gasteiger partial charge in [0.25, 0.3) is 5.91 Å². The summed E-state index contributed by atoms with van der Waals surface area (Å²) in [4.78, 5) is 36.7. The van der Waals surface area contributed by atoms with Crippen LogP contribution in [-0.2, 0) is 20.7 Å². The molecule has 0 bridgehead atoms. The quantitative estimate of drug-likeness (QED) is 0.310. The van der Waals surface area contributed by atoms with E-state index in [1.165, 1.54) is 7.11 Å². The molecule has 0 aliphatic rings. The summed E-state index contributed by atoms with van der Waals surface area (Å²) in [7, 11) is 1.17. The number of hydrogen-bond donors (Lipinski definition) is 2. The van der Waals surface area contributed by atoms with Crippen LogP contribution < -0.4 is 5.32 Å². The first-order valence-corrected chi connectivity index (χ1v) is 10.9. The SMILES string of the molecule is COC(=O)[C@H](CCOC[C@@H](O)CCc1ccc2cccnc2n1)NC(=O)c1c(F)cncc1Cl. The van der Waals surface area contributed by atoms with Crippen molar-refractivity contribution < 1.29 is 28.6 Å². The van der Waals surface area contributed by atoms with Gasteiger partial charge in [0, 0.05) is 36.5 Å². The van der Waals surface area contributed by atoms with Gasteiger partial charge in [-0.25, -0.2) is 19.2 Å². The van der Waals surface area contributed by atoms with Crippen LogP contribution in [0, 0.1) is 5.82 Å². The molecule has 3 aromatic rings. The second-order valence-corrected chi connectivity index (χ2v) is 7.84. The number of hydrogen-bond acceptors (Lipinski definition) is 8. The summed E-state index contributed by atoms with van der Waals surface area (Å²) in [5.74, 6) is -2.51. The molecular formula is C23H24ClFN4O5. The van der Waals surface area contributed by atoms with Gasteiger partial charge >= 0.3 is 5.97 Å². The fraction of sp³-hybridized carbons (Fsp3) is 0.348. The van der Waals surface area contributed by atoms with Crippen molar-refractivity contribution in [3.63, 3.8) is 0 Å². The summed E-state index contributed by atoms with van der Waals surface area (Å²) in [6.45, 7) is 0.0697. The Balaban J connectivity index is 1.45. The minimum Gasteiger partial charge on any atom is -0.467 e. The number of aliphatic hydroxyl groups excluding tert-OH is 1. The minimum absolute atomic E-state index is 0.0263. The van der Waals surface area contributed by atoms with E-state index in [-0.39, 0.29) is 24.7 Å². The molecule has 3 heterocycles. The number of methoxy groups -OCH3 is 1. The molecule has 0 radical (unpaired) electrons. The minimum atomic E-state index is -1.09. The van der Waals surface area contributed by atoms with E-state index >= 15 is 0 Å². The molecule has 11 heteroatoms. The average Bonchev–Trinajstić information content (AvgIpc) is 2.83. The van der Waals surface area contributed by atoms with Crippen molar-refractivity contribution in [2.45, 2.75) is 31.4 Å². The van der Waals surface area contributed by atoms with E-state index in [9.17, 15) is 19.1 Å². The summed E-state index contributed by atoms with van der Waals surface area (Å²) >= 11 is 5.85. The van der Waals surface area contributed by atoms with E-state index in [1.54, 1.807) is 6.20 Å². The van der Waals surface area contributed by atoms with Crippen molar-refractivity contribution in [1.82, 2.24) is 20.3 Å². The van der Waals surface area contributed by atoms with Gasteiger partial charge in [0.15, 0.2) is 11.5 Å². The summed E-state index contributed by atoms with van der Waals surface area (Å²) in [5.41, 5.74) is 1.04. The van der Waals surface area contributed by atoms with Crippen LogP contribution in [0.2, 0.25) is 5.02 Å². The molecule has 0 saturated heterocycles. The van der Waals surface area contributed by atoms with Gasteiger partial charge in [-0.05, 0) is 37.1 Å². The fourth-order valence-corrected chi connectivity index (χ4v) is 3.43. The summed E-state index contributed by atoms with van der Waals surface area (Å²) in [5, 5.41) is 13.4. The van der Waals surface area contributed by atoms with Crippen LogP contribution in [0.25, 0.3) is 11.0 Å². The highest BCUT2D eigenvalue weighted by molar-refractivity contribution is 6.33. The Bertz CT molecular complexity index is 1130. The molecular weight excluding hydrogens is 467 g/mol. The van der Waals surface area contributed by atoms with E-state index in [2.05, 4.69) is 20.3 Å². The molecule has 3 aromatic heterocycles. The Morgan fingerprint density at radius 2 is 2.06 bits per heavy atom. The van der Waals surface area contributed by atoms with E-state index < -0.39 is 35.4 Å². The number of fused-ring (bicyclic) bond motifs is 1. The number of nitrogens with one attached hydrogen (secondary N) is 1. The van der Waals surface area contributed by atoms with E-state index in [0.717, 1.165) is 23.5 Å². The maximum Gasteiger partial charge on any atom is 0.328 e. The predicted octanol–water partition coefficient (Wildman–Crippen LogP) is 2.49. The Kier molecular flexibility index (Phi) is 9.20. The lowest BCUT2D eigenvalue weighted by Gasteiger charge is -2.18. The third-order valence-electron chi connectivity index (χ3n) is 4.99. The van der Waals surface area contributed by atoms with Gasteiger partial charge in [-0.15, -0.1) is 0 Å². The predicted molar refractivity (Wildman–Crippen MR) is 122 cm³/mol. The topological polar surface area (TPSA) is 124 Å². The van der Waals surface area contributed by atoms with Gasteiger partial charge in [0.05, 0.1) is 36.6 Å². The lowest BCUT2D eigenvalue weighted by Crippen LogP contribution is -2.42. The molecule has 1 amide bonds. The van der Waals surface area contributed by atoms with Crippen molar-refractivity contribution in [3.8, 4) is 0 Å². The summed E-state index contributed by atoms with van der Waals surface area (Å²) in [6, 6.07) is 6.49. The maximum absolute atomic E-state index is 13.9. The summed E-state index contributed by atoms with van der Waals surface area (Å²) in [6.07, 6.45) is 3.90. The van der Waals surface area contributed by atoms with Gasteiger partial charge < -0.3 is 19.9 Å². The van der Waals surface area contributed by atoms with Gasteiger partial charge in [-0.2, -0.15) is 0 Å². The molecule has 0 aromatic carbocycles. The Hall–Kier alpha value is -3.21. The highest BCUT2D eigenvalue weighted by Crippen LogP contribution is 2.17. The molecule has 2 N–H and O–H groups in total. The third-order valence-corrected chi connectivity index (χ3v) is 5.27. The standard InChI is InChI=1S/C23H24ClFN4O5/c1-33-23(32)19(29-22(31)20-17(24)11-26-12-18(20)25)8-10-34-13-16(30)7-6-15-5-4-14-3-2-9-27-21(14)28-15/h2-5,9,11-12,16,19,30H,6-8,10,13H2,1H3,(H,29,31)/t16-,19-/m0/s1. The molecule has 9 nitrogen and oxygen atoms in total. The number of aliphatic hydroxyl groups is 1. The molecule has 0 unspecified atom stereocenters. The van der Waals surface area contributed by atoms with Gasteiger partial charge in [-0.3, -0.25) is 9.78 Å². The molecule has 0 aliphatic heterocycles. The molecule has 0 aliphatic carbocycles. The highest BCUT2D eigenvalue weighted by atomic mass is 35.5. The van der Waals surface area contributed by atoms with E-state index in [1.807, 2.05) is 24.3 Å². The van der Waals surface area contributed by atoms with Gasteiger partial charge in [0.1, 0.15) is 6.04 Å². The second-order valence-electron chi connectivity index (χ2n) is 7.44. The molecule has 3 rings (SSSR count). The fourth-order valence-electron chi connectivity index (χ4n) is 3.20. The molecule has 180 valence electrons. The lowest BCUT2D eigenvalue weighted by molar-refractivity contribution is -0.143. The number of rotatable bonds is 11. The van der Waals surface area contributed by atoms with E-state index in [4.69, 9.17) is 21.1 Å². The molecule has 34 heavy (non-hydrogen) atoms. The number of aromatic nitrogens is 3. The van der Waals surface area contributed by atoms with Crippen molar-refractivity contribution in [1.29, 1.82) is 0 Å². The second kappa shape index (κ2) is 12.3. The van der Waals surface area contributed by atoms with Crippen LogP contribution >= 0.6 is 11.6 Å². The maximum atomic E-state index is 13.9. The van der Waals surface area contributed by atoms with Crippen LogP contribution in [0.15, 0.2) is 42.9 Å². The smallest absolute Gasteiger partial charge is 0.328 e. The Morgan fingerprint density at radius 3 is 2.82 bits per heavy atom. The zero-order valence-corrected chi connectivity index (χ0v) is 19.2. The number of amides is 1. The number of carbonyl (C=O) groups excluding carboxylic acids is 2. The first kappa shape index (κ1) is 25.4. The van der Waals surface area contributed by atoms with Gasteiger partial charge in [0.2, 0.25) is 0 Å². The van der Waals surface area contributed by atoms with Crippen LogP contribution in [0.5, 0.6) is 0 Å². The Morgan fingerprint density at radius 1 is 1.24 bits per heavy atom.